The Hall–Kier alpha value is -2.46. The van der Waals surface area contributed by atoms with Crippen molar-refractivity contribution in [1.29, 1.82) is 0 Å². The van der Waals surface area contributed by atoms with Crippen LogP contribution in [-0.4, -0.2) is 11.7 Å². The molecule has 0 spiro atoms. The summed E-state index contributed by atoms with van der Waals surface area (Å²) in [5, 5.41) is 3.40. The van der Waals surface area contributed by atoms with E-state index in [1.165, 1.54) is 12.1 Å². The van der Waals surface area contributed by atoms with E-state index in [4.69, 9.17) is 11.6 Å². The lowest BCUT2D eigenvalue weighted by molar-refractivity contribution is -0.115. The van der Waals surface area contributed by atoms with E-state index in [0.717, 1.165) is 5.56 Å². The molecule has 0 atom stereocenters. The highest BCUT2D eigenvalue weighted by molar-refractivity contribution is 6.31. The fourth-order valence-electron chi connectivity index (χ4n) is 2.33. The standard InChI is InChI=1S/C18H14ClFN2O/c19-14-7-3-1-5-12(14)9-10-17-21-16(18(23)22-17)11-13-6-2-4-8-15(13)20/h1-8,11H,9-10H2,(H,21,22,23)/b16-11-. The Bertz CT molecular complexity index is 814. The van der Waals surface area contributed by atoms with E-state index >= 15 is 0 Å². The van der Waals surface area contributed by atoms with Gasteiger partial charge in [-0.2, -0.15) is 0 Å². The van der Waals surface area contributed by atoms with E-state index in [9.17, 15) is 9.18 Å². The largest absolute Gasteiger partial charge is 0.309 e. The van der Waals surface area contributed by atoms with E-state index in [1.807, 2.05) is 24.3 Å². The monoisotopic (exact) mass is 328 g/mol. The molecule has 1 aliphatic rings. The van der Waals surface area contributed by atoms with Crippen molar-refractivity contribution in [1.82, 2.24) is 5.32 Å². The Balaban J connectivity index is 1.74. The van der Waals surface area contributed by atoms with Crippen LogP contribution < -0.4 is 5.32 Å². The Morgan fingerprint density at radius 3 is 2.61 bits per heavy atom. The Kier molecular flexibility index (Phi) is 4.53. The summed E-state index contributed by atoms with van der Waals surface area (Å²) in [5.41, 5.74) is 1.55. The second-order valence-corrected chi connectivity index (χ2v) is 5.56. The number of aliphatic imine (C=N–C) groups is 1. The fourth-order valence-corrected chi connectivity index (χ4v) is 2.56. The lowest BCUT2D eigenvalue weighted by atomic mass is 10.1. The lowest BCUT2D eigenvalue weighted by Gasteiger charge is -2.03. The van der Waals surface area contributed by atoms with Gasteiger partial charge in [-0.1, -0.05) is 48.0 Å². The lowest BCUT2D eigenvalue weighted by Crippen LogP contribution is -2.24. The van der Waals surface area contributed by atoms with Crippen molar-refractivity contribution in [2.45, 2.75) is 12.8 Å². The Labute approximate surface area is 138 Å². The number of hydrogen-bond donors (Lipinski definition) is 1. The third-order valence-corrected chi connectivity index (χ3v) is 3.90. The molecule has 0 aliphatic carbocycles. The van der Waals surface area contributed by atoms with Crippen LogP contribution in [0.3, 0.4) is 0 Å². The molecule has 0 aromatic heterocycles. The predicted molar refractivity (Wildman–Crippen MR) is 89.7 cm³/mol. The summed E-state index contributed by atoms with van der Waals surface area (Å²) in [6.45, 7) is 0. The maximum atomic E-state index is 13.6. The highest BCUT2D eigenvalue weighted by Crippen LogP contribution is 2.19. The quantitative estimate of drug-likeness (QED) is 0.847. The molecule has 3 nitrogen and oxygen atoms in total. The minimum Gasteiger partial charge on any atom is -0.309 e. The molecule has 5 heteroatoms. The van der Waals surface area contributed by atoms with Gasteiger partial charge in [-0.25, -0.2) is 9.38 Å². The van der Waals surface area contributed by atoms with Crippen molar-refractivity contribution in [3.05, 3.63) is 76.2 Å². The van der Waals surface area contributed by atoms with Crippen LogP contribution in [0.5, 0.6) is 0 Å². The topological polar surface area (TPSA) is 41.5 Å². The molecule has 116 valence electrons. The zero-order chi connectivity index (χ0) is 16.2. The number of benzene rings is 2. The van der Waals surface area contributed by atoms with Gasteiger partial charge >= 0.3 is 0 Å². The van der Waals surface area contributed by atoms with Crippen molar-refractivity contribution >= 4 is 29.4 Å². The third-order valence-electron chi connectivity index (χ3n) is 3.53. The number of aryl methyl sites for hydroxylation is 1. The van der Waals surface area contributed by atoms with Crippen LogP contribution in [0.2, 0.25) is 5.02 Å². The average Bonchev–Trinajstić information content (AvgIpc) is 2.89. The second kappa shape index (κ2) is 6.75. The Morgan fingerprint density at radius 1 is 1.09 bits per heavy atom. The normalized spacial score (nSPS) is 15.7. The van der Waals surface area contributed by atoms with Crippen LogP contribution in [0.15, 0.2) is 59.2 Å². The third kappa shape index (κ3) is 3.66. The molecule has 1 N–H and O–H groups in total. The molecule has 2 aromatic carbocycles. The molecule has 3 rings (SSSR count). The minimum absolute atomic E-state index is 0.212. The van der Waals surface area contributed by atoms with Gasteiger partial charge in [0.05, 0.1) is 0 Å². The maximum Gasteiger partial charge on any atom is 0.275 e. The molecule has 0 unspecified atom stereocenters. The smallest absolute Gasteiger partial charge is 0.275 e. The van der Waals surface area contributed by atoms with Gasteiger partial charge in [0.25, 0.3) is 5.91 Å². The zero-order valence-electron chi connectivity index (χ0n) is 12.2. The summed E-state index contributed by atoms with van der Waals surface area (Å²) >= 11 is 6.11. The Morgan fingerprint density at radius 2 is 1.83 bits per heavy atom. The molecule has 0 fully saturated rings. The number of nitrogens with zero attached hydrogens (tertiary/aromatic N) is 1. The van der Waals surface area contributed by atoms with Gasteiger partial charge in [0.15, 0.2) is 0 Å². The first-order valence-corrected chi connectivity index (χ1v) is 7.60. The van der Waals surface area contributed by atoms with Gasteiger partial charge in [-0.3, -0.25) is 4.79 Å². The molecule has 0 bridgehead atoms. The minimum atomic E-state index is -0.382. The van der Waals surface area contributed by atoms with E-state index in [2.05, 4.69) is 10.3 Å². The van der Waals surface area contributed by atoms with Crippen molar-refractivity contribution < 1.29 is 9.18 Å². The van der Waals surface area contributed by atoms with Gasteiger partial charge in [-0.05, 0) is 30.2 Å². The molecule has 1 amide bonds. The SMILES string of the molecule is O=C1NC(CCc2ccccc2Cl)=N/C1=C\c1ccccc1F. The van der Waals surface area contributed by atoms with Gasteiger partial charge in [0, 0.05) is 17.0 Å². The zero-order valence-corrected chi connectivity index (χ0v) is 13.0. The summed E-state index contributed by atoms with van der Waals surface area (Å²) in [6.07, 6.45) is 2.68. The molecule has 1 heterocycles. The van der Waals surface area contributed by atoms with Crippen molar-refractivity contribution in [2.24, 2.45) is 4.99 Å². The highest BCUT2D eigenvalue weighted by atomic mass is 35.5. The van der Waals surface area contributed by atoms with E-state index in [-0.39, 0.29) is 17.4 Å². The number of nitrogens with one attached hydrogen (secondary N) is 1. The summed E-state index contributed by atoms with van der Waals surface area (Å²) < 4.78 is 13.6. The van der Waals surface area contributed by atoms with Crippen LogP contribution in [0.4, 0.5) is 4.39 Å². The maximum absolute atomic E-state index is 13.6. The highest BCUT2D eigenvalue weighted by Gasteiger charge is 2.20. The first kappa shape index (κ1) is 15.4. The van der Waals surface area contributed by atoms with Crippen LogP contribution in [0, 0.1) is 5.82 Å². The van der Waals surface area contributed by atoms with Crippen molar-refractivity contribution in [3.63, 3.8) is 0 Å². The van der Waals surface area contributed by atoms with Gasteiger partial charge in [0.1, 0.15) is 17.3 Å². The van der Waals surface area contributed by atoms with E-state index in [1.54, 1.807) is 18.2 Å². The van der Waals surface area contributed by atoms with Gasteiger partial charge < -0.3 is 5.32 Å². The summed E-state index contributed by atoms with van der Waals surface area (Å²) in [7, 11) is 0. The van der Waals surface area contributed by atoms with Crippen LogP contribution in [0.1, 0.15) is 17.5 Å². The summed E-state index contributed by atoms with van der Waals surface area (Å²) in [4.78, 5) is 16.2. The molecule has 0 radical (unpaired) electrons. The predicted octanol–water partition coefficient (Wildman–Crippen LogP) is 3.98. The molecule has 1 aliphatic heterocycles. The van der Waals surface area contributed by atoms with Crippen LogP contribution >= 0.6 is 11.6 Å². The number of hydrogen-bond acceptors (Lipinski definition) is 2. The van der Waals surface area contributed by atoms with Gasteiger partial charge in [-0.15, -0.1) is 0 Å². The summed E-state index contributed by atoms with van der Waals surface area (Å²) in [5.74, 6) is -0.132. The second-order valence-electron chi connectivity index (χ2n) is 5.16. The van der Waals surface area contributed by atoms with E-state index in [0.29, 0.717) is 29.3 Å². The van der Waals surface area contributed by atoms with Crippen molar-refractivity contribution in [3.8, 4) is 0 Å². The molecular weight excluding hydrogens is 315 g/mol. The van der Waals surface area contributed by atoms with Gasteiger partial charge in [0.2, 0.25) is 0 Å². The molecule has 0 saturated carbocycles. The molecule has 2 aromatic rings. The number of amidine groups is 1. The number of rotatable bonds is 4. The molecule has 0 saturated heterocycles. The first-order valence-electron chi connectivity index (χ1n) is 7.22. The number of carbonyl (C=O) groups excluding carboxylic acids is 1. The van der Waals surface area contributed by atoms with Crippen molar-refractivity contribution in [2.75, 3.05) is 0 Å². The van der Waals surface area contributed by atoms with Crippen LogP contribution in [-0.2, 0) is 11.2 Å². The first-order chi connectivity index (χ1) is 11.1. The number of halogens is 2. The van der Waals surface area contributed by atoms with E-state index < -0.39 is 0 Å². The number of carbonyl (C=O) groups is 1. The fraction of sp³-hybridized carbons (Fsp3) is 0.111. The molecular formula is C18H14ClFN2O. The number of amides is 1. The average molecular weight is 329 g/mol. The van der Waals surface area contributed by atoms with Crippen LogP contribution in [0.25, 0.3) is 6.08 Å². The summed E-state index contributed by atoms with van der Waals surface area (Å²) in [6, 6.07) is 13.8. The molecule has 23 heavy (non-hydrogen) atoms.